The third-order valence-electron chi connectivity index (χ3n) is 4.08. The number of amides is 1. The molecule has 0 aliphatic rings. The molecule has 0 saturated carbocycles. The molecule has 0 spiro atoms. The number of rotatable bonds is 5. The molecular weight excluding hydrogens is 340 g/mol. The van der Waals surface area contributed by atoms with E-state index in [-0.39, 0.29) is 11.6 Å². The van der Waals surface area contributed by atoms with E-state index in [9.17, 15) is 4.79 Å². The zero-order chi connectivity index (χ0) is 19.4. The first-order chi connectivity index (χ1) is 13.0. The van der Waals surface area contributed by atoms with Crippen molar-refractivity contribution in [2.45, 2.75) is 20.8 Å². The van der Waals surface area contributed by atoms with Crippen molar-refractivity contribution in [3.05, 3.63) is 71.0 Å². The van der Waals surface area contributed by atoms with Crippen molar-refractivity contribution in [2.24, 2.45) is 0 Å². The number of hydrogen-bond acceptors (Lipinski definition) is 5. The van der Waals surface area contributed by atoms with Crippen molar-refractivity contribution in [3.63, 3.8) is 0 Å². The second-order valence-corrected chi connectivity index (χ2v) is 6.32. The summed E-state index contributed by atoms with van der Waals surface area (Å²) < 4.78 is 5.32. The molecule has 0 unspecified atom stereocenters. The molecule has 0 radical (unpaired) electrons. The van der Waals surface area contributed by atoms with Gasteiger partial charge < -0.3 is 15.4 Å². The fraction of sp³-hybridized carbons (Fsp3) is 0.190. The van der Waals surface area contributed by atoms with Gasteiger partial charge >= 0.3 is 0 Å². The number of anilines is 3. The minimum atomic E-state index is -0.322. The smallest absolute Gasteiger partial charge is 0.274 e. The molecule has 2 N–H and O–H groups in total. The lowest BCUT2D eigenvalue weighted by atomic mass is 10.2. The molecule has 1 amide bonds. The summed E-state index contributed by atoms with van der Waals surface area (Å²) in [6.45, 7) is 5.78. The quantitative estimate of drug-likeness (QED) is 0.703. The zero-order valence-corrected chi connectivity index (χ0v) is 15.8. The van der Waals surface area contributed by atoms with Crippen LogP contribution in [0.5, 0.6) is 5.75 Å². The Morgan fingerprint density at radius 3 is 2.48 bits per heavy atom. The van der Waals surface area contributed by atoms with E-state index in [0.29, 0.717) is 23.1 Å². The number of hydrogen-bond donors (Lipinski definition) is 2. The minimum absolute atomic E-state index is 0.280. The number of nitrogens with one attached hydrogen (secondary N) is 2. The highest BCUT2D eigenvalue weighted by molar-refractivity contribution is 6.04. The van der Waals surface area contributed by atoms with Gasteiger partial charge in [-0.25, -0.2) is 9.97 Å². The Labute approximate surface area is 158 Å². The molecule has 138 valence electrons. The maximum absolute atomic E-state index is 12.7. The first-order valence-corrected chi connectivity index (χ1v) is 8.60. The van der Waals surface area contributed by atoms with Crippen molar-refractivity contribution >= 4 is 23.2 Å². The molecule has 6 nitrogen and oxygen atoms in total. The molecule has 6 heteroatoms. The van der Waals surface area contributed by atoms with Gasteiger partial charge in [0.05, 0.1) is 12.8 Å². The maximum Gasteiger partial charge on any atom is 0.274 e. The fourth-order valence-corrected chi connectivity index (χ4v) is 2.68. The highest BCUT2D eigenvalue weighted by Crippen LogP contribution is 2.26. The van der Waals surface area contributed by atoms with Gasteiger partial charge in [0.25, 0.3) is 5.91 Å². The van der Waals surface area contributed by atoms with E-state index in [0.717, 1.165) is 16.8 Å². The van der Waals surface area contributed by atoms with E-state index < -0.39 is 0 Å². The van der Waals surface area contributed by atoms with Crippen LogP contribution in [0.15, 0.2) is 48.5 Å². The molecule has 0 bridgehead atoms. The van der Waals surface area contributed by atoms with Gasteiger partial charge in [0.15, 0.2) is 0 Å². The maximum atomic E-state index is 12.7. The van der Waals surface area contributed by atoms with Crippen molar-refractivity contribution in [1.82, 2.24) is 9.97 Å². The Kier molecular flexibility index (Phi) is 5.35. The molecule has 1 aromatic heterocycles. The van der Waals surface area contributed by atoms with Crippen LogP contribution in [0.1, 0.15) is 27.3 Å². The fourth-order valence-electron chi connectivity index (χ4n) is 2.68. The monoisotopic (exact) mass is 362 g/mol. The predicted octanol–water partition coefficient (Wildman–Crippen LogP) is 4.41. The lowest BCUT2D eigenvalue weighted by Gasteiger charge is -2.12. The van der Waals surface area contributed by atoms with E-state index in [4.69, 9.17) is 4.74 Å². The van der Waals surface area contributed by atoms with Crippen LogP contribution in [0.25, 0.3) is 0 Å². The standard InChI is InChI=1S/C21H22N4O2/c1-13-9-10-19(27-4)17(11-13)23-20(26)18-12-15(3)22-21(25-18)24-16-8-6-5-7-14(16)2/h5-12H,1-4H3,(H,23,26)(H,22,24,25). The molecule has 0 aliphatic carbocycles. The second-order valence-electron chi connectivity index (χ2n) is 6.32. The van der Waals surface area contributed by atoms with Crippen LogP contribution in [0.4, 0.5) is 17.3 Å². The van der Waals surface area contributed by atoms with Crippen LogP contribution in [0.3, 0.4) is 0 Å². The molecule has 0 atom stereocenters. The first-order valence-electron chi connectivity index (χ1n) is 8.60. The highest BCUT2D eigenvalue weighted by Gasteiger charge is 2.14. The van der Waals surface area contributed by atoms with Crippen molar-refractivity contribution in [1.29, 1.82) is 0 Å². The van der Waals surface area contributed by atoms with E-state index in [1.807, 2.05) is 63.2 Å². The summed E-state index contributed by atoms with van der Waals surface area (Å²) in [6, 6.07) is 15.1. The van der Waals surface area contributed by atoms with Crippen LogP contribution in [0, 0.1) is 20.8 Å². The van der Waals surface area contributed by atoms with Crippen molar-refractivity contribution < 1.29 is 9.53 Å². The zero-order valence-electron chi connectivity index (χ0n) is 15.8. The lowest BCUT2D eigenvalue weighted by Crippen LogP contribution is -2.16. The van der Waals surface area contributed by atoms with E-state index in [1.165, 1.54) is 0 Å². The number of nitrogens with zero attached hydrogens (tertiary/aromatic N) is 2. The average molecular weight is 362 g/mol. The van der Waals surface area contributed by atoms with Gasteiger partial charge in [-0.15, -0.1) is 0 Å². The van der Waals surface area contributed by atoms with Crippen LogP contribution in [0.2, 0.25) is 0 Å². The van der Waals surface area contributed by atoms with E-state index in [2.05, 4.69) is 20.6 Å². The topological polar surface area (TPSA) is 76.1 Å². The average Bonchev–Trinajstić information content (AvgIpc) is 2.63. The number of methoxy groups -OCH3 is 1. The summed E-state index contributed by atoms with van der Waals surface area (Å²) in [4.78, 5) is 21.5. The summed E-state index contributed by atoms with van der Waals surface area (Å²) in [5.74, 6) is 0.654. The first kappa shape index (κ1) is 18.4. The lowest BCUT2D eigenvalue weighted by molar-refractivity contribution is 0.102. The van der Waals surface area contributed by atoms with Gasteiger partial charge in [-0.1, -0.05) is 24.3 Å². The van der Waals surface area contributed by atoms with E-state index >= 15 is 0 Å². The summed E-state index contributed by atoms with van der Waals surface area (Å²) in [5.41, 5.74) is 4.57. The predicted molar refractivity (Wildman–Crippen MR) is 107 cm³/mol. The number of para-hydroxylation sites is 1. The number of benzene rings is 2. The van der Waals surface area contributed by atoms with Crippen molar-refractivity contribution in [3.8, 4) is 5.75 Å². The molecule has 2 aromatic carbocycles. The molecule has 1 heterocycles. The third-order valence-corrected chi connectivity index (χ3v) is 4.08. The Morgan fingerprint density at radius 2 is 1.74 bits per heavy atom. The minimum Gasteiger partial charge on any atom is -0.495 e. The van der Waals surface area contributed by atoms with Gasteiger partial charge in [0, 0.05) is 11.4 Å². The summed E-state index contributed by atoms with van der Waals surface area (Å²) in [6.07, 6.45) is 0. The number of aryl methyl sites for hydroxylation is 3. The van der Waals surface area contributed by atoms with Crippen LogP contribution < -0.4 is 15.4 Å². The Morgan fingerprint density at radius 1 is 0.963 bits per heavy atom. The normalized spacial score (nSPS) is 10.4. The molecule has 0 aliphatic heterocycles. The van der Waals surface area contributed by atoms with Crippen molar-refractivity contribution in [2.75, 3.05) is 17.7 Å². The molecule has 3 rings (SSSR count). The molecule has 0 fully saturated rings. The number of ether oxygens (including phenoxy) is 1. The van der Waals surface area contributed by atoms with Crippen LogP contribution in [-0.4, -0.2) is 23.0 Å². The SMILES string of the molecule is COc1ccc(C)cc1NC(=O)c1cc(C)nc(Nc2ccccc2C)n1. The van der Waals surface area contributed by atoms with Crippen LogP contribution in [-0.2, 0) is 0 Å². The number of carbonyl (C=O) groups excluding carboxylic acids is 1. The van der Waals surface area contributed by atoms with E-state index in [1.54, 1.807) is 13.2 Å². The van der Waals surface area contributed by atoms with Gasteiger partial charge in [0.1, 0.15) is 11.4 Å². The largest absolute Gasteiger partial charge is 0.495 e. The molecule has 0 saturated heterocycles. The number of carbonyl (C=O) groups is 1. The van der Waals surface area contributed by atoms with Gasteiger partial charge in [-0.05, 0) is 56.2 Å². The third kappa shape index (κ3) is 4.41. The second kappa shape index (κ2) is 7.86. The molecule has 3 aromatic rings. The Balaban J connectivity index is 1.86. The summed E-state index contributed by atoms with van der Waals surface area (Å²) in [7, 11) is 1.57. The van der Waals surface area contributed by atoms with Gasteiger partial charge in [-0.2, -0.15) is 0 Å². The van der Waals surface area contributed by atoms with Crippen LogP contribution >= 0.6 is 0 Å². The summed E-state index contributed by atoms with van der Waals surface area (Å²) >= 11 is 0. The van der Waals surface area contributed by atoms with Gasteiger partial charge in [-0.3, -0.25) is 4.79 Å². The molecule has 27 heavy (non-hydrogen) atoms. The Hall–Kier alpha value is -3.41. The van der Waals surface area contributed by atoms with Gasteiger partial charge in [0.2, 0.25) is 5.95 Å². The molecular formula is C21H22N4O2. The summed E-state index contributed by atoms with van der Waals surface area (Å²) in [5, 5.41) is 6.04. The highest BCUT2D eigenvalue weighted by atomic mass is 16.5. The number of aromatic nitrogens is 2. The Bertz CT molecular complexity index is 986.